The molecule has 1 atom stereocenters. The third-order valence-electron chi connectivity index (χ3n) is 3.53. The van der Waals surface area contributed by atoms with Gasteiger partial charge in [-0.25, -0.2) is 4.98 Å². The van der Waals surface area contributed by atoms with Crippen molar-refractivity contribution in [3.63, 3.8) is 0 Å². The Morgan fingerprint density at radius 1 is 1.35 bits per heavy atom. The molecule has 0 spiro atoms. The number of fused-ring (bicyclic) bond motifs is 1. The second-order valence-corrected chi connectivity index (χ2v) is 5.81. The summed E-state index contributed by atoms with van der Waals surface area (Å²) in [5, 5.41) is 5.05. The number of hydrogen-bond acceptors (Lipinski definition) is 5. The van der Waals surface area contributed by atoms with E-state index in [9.17, 15) is 4.79 Å². The van der Waals surface area contributed by atoms with E-state index < -0.39 is 5.92 Å². The van der Waals surface area contributed by atoms with Crippen LogP contribution >= 0.6 is 23.2 Å². The van der Waals surface area contributed by atoms with Crippen molar-refractivity contribution in [1.29, 1.82) is 0 Å². The van der Waals surface area contributed by atoms with Gasteiger partial charge in [0.05, 0.1) is 11.6 Å². The molecular weight excluding hydrogens is 337 g/mol. The number of aromatic nitrogens is 4. The van der Waals surface area contributed by atoms with Crippen LogP contribution in [0.3, 0.4) is 0 Å². The number of carbonyl (C=O) groups excluding carboxylic acids is 1. The molecular formula is C15H13Cl2N5O. The van der Waals surface area contributed by atoms with E-state index in [4.69, 9.17) is 28.9 Å². The van der Waals surface area contributed by atoms with Gasteiger partial charge in [0.2, 0.25) is 5.95 Å². The number of ketones is 1. The average molecular weight is 350 g/mol. The zero-order valence-electron chi connectivity index (χ0n) is 12.2. The predicted molar refractivity (Wildman–Crippen MR) is 88.8 cm³/mol. The van der Waals surface area contributed by atoms with Gasteiger partial charge in [-0.3, -0.25) is 4.79 Å². The van der Waals surface area contributed by atoms with Crippen LogP contribution in [0.15, 0.2) is 30.5 Å². The maximum Gasteiger partial charge on any atom is 0.254 e. The first-order valence-corrected chi connectivity index (χ1v) is 7.71. The van der Waals surface area contributed by atoms with E-state index in [2.05, 4.69) is 15.1 Å². The minimum absolute atomic E-state index is 0.00389. The van der Waals surface area contributed by atoms with Crippen LogP contribution in [0.4, 0.5) is 5.95 Å². The van der Waals surface area contributed by atoms with Crippen molar-refractivity contribution >= 4 is 40.7 Å². The number of carbonyl (C=O) groups is 1. The number of nitrogens with zero attached hydrogens (tertiary/aromatic N) is 4. The number of hydrogen-bond donors (Lipinski definition) is 1. The van der Waals surface area contributed by atoms with Crippen molar-refractivity contribution in [2.45, 2.75) is 19.3 Å². The third kappa shape index (κ3) is 2.87. The number of benzene rings is 1. The van der Waals surface area contributed by atoms with Crippen LogP contribution in [0.25, 0.3) is 5.78 Å². The molecule has 0 aliphatic rings. The van der Waals surface area contributed by atoms with Crippen LogP contribution in [-0.2, 0) is 4.79 Å². The Kier molecular flexibility index (Phi) is 4.19. The Morgan fingerprint density at radius 3 is 2.83 bits per heavy atom. The Morgan fingerprint density at radius 2 is 2.13 bits per heavy atom. The zero-order valence-corrected chi connectivity index (χ0v) is 13.7. The fourth-order valence-electron chi connectivity index (χ4n) is 2.48. The molecule has 0 aliphatic carbocycles. The standard InChI is InChI=1S/C15H13Cl2N5O/c1-2-12(23)13(9-4-3-8(16)7-10(9)17)11-5-6-19-15-20-14(18)21-22(11)15/h3-7,13H,2H2,1H3,(H2,18,21)/t13-/m1/s1. The van der Waals surface area contributed by atoms with E-state index in [-0.39, 0.29) is 11.7 Å². The summed E-state index contributed by atoms with van der Waals surface area (Å²) >= 11 is 12.3. The molecule has 2 aromatic heterocycles. The summed E-state index contributed by atoms with van der Waals surface area (Å²) in [6.07, 6.45) is 1.91. The van der Waals surface area contributed by atoms with Crippen molar-refractivity contribution < 1.29 is 4.79 Å². The van der Waals surface area contributed by atoms with Gasteiger partial charge in [0.25, 0.3) is 5.78 Å². The molecule has 0 radical (unpaired) electrons. The monoisotopic (exact) mass is 349 g/mol. The molecule has 3 aromatic rings. The molecule has 2 N–H and O–H groups in total. The van der Waals surface area contributed by atoms with E-state index in [1.54, 1.807) is 37.4 Å². The molecule has 0 unspecified atom stereocenters. The van der Waals surface area contributed by atoms with Crippen LogP contribution in [0.2, 0.25) is 10.0 Å². The lowest BCUT2D eigenvalue weighted by Gasteiger charge is -2.18. The van der Waals surface area contributed by atoms with E-state index in [0.717, 1.165) is 0 Å². The maximum atomic E-state index is 12.6. The summed E-state index contributed by atoms with van der Waals surface area (Å²) in [5.41, 5.74) is 6.91. The first-order valence-electron chi connectivity index (χ1n) is 6.96. The van der Waals surface area contributed by atoms with Crippen LogP contribution in [-0.4, -0.2) is 25.4 Å². The fourth-order valence-corrected chi connectivity index (χ4v) is 3.00. The smallest absolute Gasteiger partial charge is 0.254 e. The van der Waals surface area contributed by atoms with Crippen molar-refractivity contribution in [2.75, 3.05) is 5.73 Å². The molecule has 0 saturated carbocycles. The van der Waals surface area contributed by atoms with E-state index in [0.29, 0.717) is 33.5 Å². The van der Waals surface area contributed by atoms with E-state index in [1.165, 1.54) is 4.52 Å². The molecule has 0 fully saturated rings. The highest BCUT2D eigenvalue weighted by atomic mass is 35.5. The second kappa shape index (κ2) is 6.14. The molecule has 0 saturated heterocycles. The van der Waals surface area contributed by atoms with Crippen LogP contribution < -0.4 is 5.73 Å². The fraction of sp³-hybridized carbons (Fsp3) is 0.200. The van der Waals surface area contributed by atoms with Crippen molar-refractivity contribution in [2.24, 2.45) is 0 Å². The molecule has 1 aromatic carbocycles. The van der Waals surface area contributed by atoms with Gasteiger partial charge in [-0.1, -0.05) is 36.2 Å². The normalized spacial score (nSPS) is 12.5. The lowest BCUT2D eigenvalue weighted by molar-refractivity contribution is -0.119. The van der Waals surface area contributed by atoms with Gasteiger partial charge in [0.15, 0.2) is 0 Å². The van der Waals surface area contributed by atoms with Gasteiger partial charge in [-0.05, 0) is 23.8 Å². The van der Waals surface area contributed by atoms with E-state index >= 15 is 0 Å². The van der Waals surface area contributed by atoms with Gasteiger partial charge < -0.3 is 5.73 Å². The summed E-state index contributed by atoms with van der Waals surface area (Å²) in [7, 11) is 0. The molecule has 0 aliphatic heterocycles. The number of rotatable bonds is 4. The molecule has 6 nitrogen and oxygen atoms in total. The molecule has 8 heteroatoms. The topological polar surface area (TPSA) is 86.2 Å². The van der Waals surface area contributed by atoms with Crippen LogP contribution in [0.5, 0.6) is 0 Å². The Labute approximate surface area is 142 Å². The Balaban J connectivity index is 2.25. The van der Waals surface area contributed by atoms with Crippen molar-refractivity contribution in [1.82, 2.24) is 19.6 Å². The lowest BCUT2D eigenvalue weighted by Crippen LogP contribution is -2.17. The molecule has 0 bridgehead atoms. The van der Waals surface area contributed by atoms with E-state index in [1.807, 2.05) is 0 Å². The molecule has 118 valence electrons. The predicted octanol–water partition coefficient (Wildman–Crippen LogP) is 3.12. The van der Waals surface area contributed by atoms with Gasteiger partial charge >= 0.3 is 0 Å². The Bertz CT molecular complexity index is 893. The molecule has 2 heterocycles. The number of nitrogen functional groups attached to an aromatic ring is 1. The zero-order chi connectivity index (χ0) is 16.6. The second-order valence-electron chi connectivity index (χ2n) is 4.97. The van der Waals surface area contributed by atoms with Gasteiger partial charge in [0, 0.05) is 22.7 Å². The minimum Gasteiger partial charge on any atom is -0.366 e. The first-order chi connectivity index (χ1) is 11.0. The van der Waals surface area contributed by atoms with Crippen LogP contribution in [0, 0.1) is 0 Å². The van der Waals surface area contributed by atoms with Crippen molar-refractivity contribution in [3.8, 4) is 0 Å². The maximum absolute atomic E-state index is 12.6. The summed E-state index contributed by atoms with van der Waals surface area (Å²) in [5.74, 6) is -0.180. The number of halogens is 2. The summed E-state index contributed by atoms with van der Waals surface area (Å²) in [6.45, 7) is 1.80. The van der Waals surface area contributed by atoms with Gasteiger partial charge in [-0.2, -0.15) is 9.50 Å². The third-order valence-corrected chi connectivity index (χ3v) is 4.09. The average Bonchev–Trinajstić information content (AvgIpc) is 2.90. The first kappa shape index (κ1) is 15.7. The summed E-state index contributed by atoms with van der Waals surface area (Å²) < 4.78 is 1.47. The molecule has 0 amide bonds. The Hall–Kier alpha value is -2.18. The highest BCUT2D eigenvalue weighted by Gasteiger charge is 2.27. The number of anilines is 1. The highest BCUT2D eigenvalue weighted by molar-refractivity contribution is 6.35. The number of Topliss-reactive ketones (excluding diaryl/α,β-unsaturated/α-hetero) is 1. The minimum atomic E-state index is -0.601. The van der Waals surface area contributed by atoms with Crippen LogP contribution in [0.1, 0.15) is 30.5 Å². The number of nitrogens with two attached hydrogens (primary N) is 1. The van der Waals surface area contributed by atoms with Gasteiger partial charge in [-0.15, -0.1) is 5.10 Å². The summed E-state index contributed by atoms with van der Waals surface area (Å²) in [4.78, 5) is 20.7. The SMILES string of the molecule is CCC(=O)[C@H](c1ccc(Cl)cc1Cl)c1ccnc2nc(N)nn12. The molecule has 3 rings (SSSR count). The van der Waals surface area contributed by atoms with Gasteiger partial charge in [0.1, 0.15) is 5.78 Å². The summed E-state index contributed by atoms with van der Waals surface area (Å²) in [6, 6.07) is 6.77. The van der Waals surface area contributed by atoms with Crippen molar-refractivity contribution in [3.05, 3.63) is 51.8 Å². The largest absolute Gasteiger partial charge is 0.366 e. The lowest BCUT2D eigenvalue weighted by atomic mass is 9.90. The molecule has 23 heavy (non-hydrogen) atoms. The quantitative estimate of drug-likeness (QED) is 0.781. The highest BCUT2D eigenvalue weighted by Crippen LogP contribution is 2.33.